The van der Waals surface area contributed by atoms with Crippen LogP contribution in [0.5, 0.6) is 0 Å². The number of pyridine rings is 1. The Morgan fingerprint density at radius 2 is 2.10 bits per heavy atom. The zero-order valence-electron chi connectivity index (χ0n) is 13.0. The number of nitrogens with one attached hydrogen (secondary N) is 1. The van der Waals surface area contributed by atoms with Gasteiger partial charge < -0.3 is 15.3 Å². The molecule has 0 radical (unpaired) electrons. The highest BCUT2D eigenvalue weighted by Crippen LogP contribution is 2.15. The van der Waals surface area contributed by atoms with Crippen LogP contribution in [0.1, 0.15) is 37.6 Å². The van der Waals surface area contributed by atoms with Crippen molar-refractivity contribution in [2.45, 2.75) is 32.8 Å². The standard InChI is InChI=1S/C15H25N3O2/c1-11(2)8-15(3,20)10-17-14(19)12-6-7-13(16-9-12)18(4)5/h6-7,9,11,20H,8,10H2,1-5H3,(H,17,19). The molecule has 2 N–H and O–H groups in total. The van der Waals surface area contributed by atoms with Crippen LogP contribution in [0.25, 0.3) is 0 Å². The zero-order chi connectivity index (χ0) is 15.3. The highest BCUT2D eigenvalue weighted by molar-refractivity contribution is 5.94. The van der Waals surface area contributed by atoms with Crippen LogP contribution in [0.4, 0.5) is 5.82 Å². The Bertz CT molecular complexity index is 439. The molecule has 0 saturated carbocycles. The van der Waals surface area contributed by atoms with Crippen molar-refractivity contribution in [1.82, 2.24) is 10.3 Å². The van der Waals surface area contributed by atoms with Gasteiger partial charge in [0.05, 0.1) is 11.2 Å². The summed E-state index contributed by atoms with van der Waals surface area (Å²) in [6.45, 7) is 6.06. The summed E-state index contributed by atoms with van der Waals surface area (Å²) in [6, 6.07) is 3.52. The van der Waals surface area contributed by atoms with Gasteiger partial charge in [-0.25, -0.2) is 4.98 Å². The molecule has 0 saturated heterocycles. The van der Waals surface area contributed by atoms with E-state index in [9.17, 15) is 9.90 Å². The van der Waals surface area contributed by atoms with Gasteiger partial charge in [0.1, 0.15) is 5.82 Å². The van der Waals surface area contributed by atoms with E-state index < -0.39 is 5.60 Å². The van der Waals surface area contributed by atoms with Gasteiger partial charge in [-0.3, -0.25) is 4.79 Å². The van der Waals surface area contributed by atoms with E-state index in [4.69, 9.17) is 0 Å². The summed E-state index contributed by atoms with van der Waals surface area (Å²) in [5.41, 5.74) is -0.392. The van der Waals surface area contributed by atoms with E-state index in [2.05, 4.69) is 10.3 Å². The van der Waals surface area contributed by atoms with E-state index in [1.807, 2.05) is 32.8 Å². The van der Waals surface area contributed by atoms with Crippen molar-refractivity contribution in [2.75, 3.05) is 25.5 Å². The Morgan fingerprint density at radius 3 is 2.55 bits per heavy atom. The number of hydrogen-bond donors (Lipinski definition) is 2. The highest BCUT2D eigenvalue weighted by Gasteiger charge is 2.22. The summed E-state index contributed by atoms with van der Waals surface area (Å²) in [5.74, 6) is 0.961. The lowest BCUT2D eigenvalue weighted by Gasteiger charge is -2.25. The number of anilines is 1. The van der Waals surface area contributed by atoms with E-state index >= 15 is 0 Å². The number of nitrogens with zero attached hydrogens (tertiary/aromatic N) is 2. The van der Waals surface area contributed by atoms with Gasteiger partial charge in [0, 0.05) is 26.8 Å². The fraction of sp³-hybridized carbons (Fsp3) is 0.600. The average molecular weight is 279 g/mol. The van der Waals surface area contributed by atoms with Gasteiger partial charge in [-0.05, 0) is 31.4 Å². The number of aliphatic hydroxyl groups is 1. The molecule has 1 rings (SSSR count). The average Bonchev–Trinajstić information content (AvgIpc) is 2.34. The summed E-state index contributed by atoms with van der Waals surface area (Å²) < 4.78 is 0. The quantitative estimate of drug-likeness (QED) is 0.831. The molecule has 5 heteroatoms. The monoisotopic (exact) mass is 279 g/mol. The Labute approximate surface area is 121 Å². The second-order valence-corrected chi connectivity index (χ2v) is 6.08. The minimum Gasteiger partial charge on any atom is -0.388 e. The van der Waals surface area contributed by atoms with Gasteiger partial charge in [-0.2, -0.15) is 0 Å². The third kappa shape index (κ3) is 5.17. The molecule has 0 aliphatic heterocycles. The van der Waals surface area contributed by atoms with Crippen LogP contribution >= 0.6 is 0 Å². The number of aromatic nitrogens is 1. The molecule has 0 aliphatic carbocycles. The number of rotatable bonds is 6. The first-order valence-electron chi connectivity index (χ1n) is 6.85. The van der Waals surface area contributed by atoms with Gasteiger partial charge in [0.25, 0.3) is 5.91 Å². The summed E-state index contributed by atoms with van der Waals surface area (Å²) >= 11 is 0. The summed E-state index contributed by atoms with van der Waals surface area (Å²) in [5, 5.41) is 12.9. The van der Waals surface area contributed by atoms with Crippen LogP contribution in [0, 0.1) is 5.92 Å². The third-order valence-electron chi connectivity index (χ3n) is 2.95. The topological polar surface area (TPSA) is 65.5 Å². The van der Waals surface area contributed by atoms with Crippen molar-refractivity contribution in [3.8, 4) is 0 Å². The van der Waals surface area contributed by atoms with Crippen molar-refractivity contribution < 1.29 is 9.90 Å². The third-order valence-corrected chi connectivity index (χ3v) is 2.95. The van der Waals surface area contributed by atoms with E-state index in [0.29, 0.717) is 17.9 Å². The number of carbonyl (C=O) groups excluding carboxylic acids is 1. The van der Waals surface area contributed by atoms with E-state index in [-0.39, 0.29) is 12.5 Å². The second-order valence-electron chi connectivity index (χ2n) is 6.08. The van der Waals surface area contributed by atoms with E-state index in [0.717, 1.165) is 5.82 Å². The molecule has 112 valence electrons. The number of hydrogen-bond acceptors (Lipinski definition) is 4. The van der Waals surface area contributed by atoms with Crippen molar-refractivity contribution in [1.29, 1.82) is 0 Å². The smallest absolute Gasteiger partial charge is 0.252 e. The van der Waals surface area contributed by atoms with Crippen molar-refractivity contribution in [2.24, 2.45) is 5.92 Å². The van der Waals surface area contributed by atoms with Gasteiger partial charge in [0.2, 0.25) is 0 Å². The normalized spacial score (nSPS) is 13.9. The summed E-state index contributed by atoms with van der Waals surface area (Å²) in [4.78, 5) is 18.0. The summed E-state index contributed by atoms with van der Waals surface area (Å²) in [6.07, 6.45) is 2.19. The Kier molecular flexibility index (Phi) is 5.51. The molecule has 0 aliphatic rings. The van der Waals surface area contributed by atoms with E-state index in [1.165, 1.54) is 0 Å². The molecule has 1 amide bonds. The molecule has 0 bridgehead atoms. The molecule has 1 heterocycles. The molecular formula is C15H25N3O2. The molecule has 0 fully saturated rings. The maximum absolute atomic E-state index is 12.0. The largest absolute Gasteiger partial charge is 0.388 e. The Balaban J connectivity index is 2.58. The first-order valence-corrected chi connectivity index (χ1v) is 6.85. The lowest BCUT2D eigenvalue weighted by atomic mass is 9.94. The van der Waals surface area contributed by atoms with Crippen LogP contribution < -0.4 is 10.2 Å². The van der Waals surface area contributed by atoms with Crippen LogP contribution in [0.3, 0.4) is 0 Å². The fourth-order valence-electron chi connectivity index (χ4n) is 2.11. The van der Waals surface area contributed by atoms with Gasteiger partial charge >= 0.3 is 0 Å². The minimum absolute atomic E-state index is 0.216. The fourth-order valence-corrected chi connectivity index (χ4v) is 2.11. The molecule has 1 aromatic heterocycles. The second kappa shape index (κ2) is 6.70. The molecule has 1 atom stereocenters. The van der Waals surface area contributed by atoms with E-state index in [1.54, 1.807) is 25.3 Å². The lowest BCUT2D eigenvalue weighted by Crippen LogP contribution is -2.41. The lowest BCUT2D eigenvalue weighted by molar-refractivity contribution is 0.0368. The molecule has 0 aromatic carbocycles. The Morgan fingerprint density at radius 1 is 1.45 bits per heavy atom. The predicted octanol–water partition coefficient (Wildman–Crippen LogP) is 1.67. The Hall–Kier alpha value is -1.62. The van der Waals surface area contributed by atoms with Gasteiger partial charge in [0.15, 0.2) is 0 Å². The van der Waals surface area contributed by atoms with Crippen molar-refractivity contribution in [3.05, 3.63) is 23.9 Å². The summed E-state index contributed by atoms with van der Waals surface area (Å²) in [7, 11) is 3.79. The SMILES string of the molecule is CC(C)CC(C)(O)CNC(=O)c1ccc(N(C)C)nc1. The maximum atomic E-state index is 12.0. The van der Waals surface area contributed by atoms with Crippen LogP contribution in [-0.4, -0.2) is 42.2 Å². The molecular weight excluding hydrogens is 254 g/mol. The van der Waals surface area contributed by atoms with Crippen molar-refractivity contribution in [3.63, 3.8) is 0 Å². The van der Waals surface area contributed by atoms with Gasteiger partial charge in [-0.15, -0.1) is 0 Å². The molecule has 0 spiro atoms. The number of amides is 1. The van der Waals surface area contributed by atoms with Crippen LogP contribution in [0.15, 0.2) is 18.3 Å². The zero-order valence-corrected chi connectivity index (χ0v) is 13.0. The van der Waals surface area contributed by atoms with Crippen molar-refractivity contribution >= 4 is 11.7 Å². The molecule has 5 nitrogen and oxygen atoms in total. The number of carbonyl (C=O) groups is 1. The highest BCUT2D eigenvalue weighted by atomic mass is 16.3. The minimum atomic E-state index is -0.888. The predicted molar refractivity (Wildman–Crippen MR) is 81.0 cm³/mol. The molecule has 1 aromatic rings. The van der Waals surface area contributed by atoms with Crippen LogP contribution in [0.2, 0.25) is 0 Å². The molecule has 20 heavy (non-hydrogen) atoms. The molecule has 1 unspecified atom stereocenters. The van der Waals surface area contributed by atoms with Crippen LogP contribution in [-0.2, 0) is 0 Å². The maximum Gasteiger partial charge on any atom is 0.252 e. The first-order chi connectivity index (χ1) is 9.21. The van der Waals surface area contributed by atoms with Gasteiger partial charge in [-0.1, -0.05) is 13.8 Å². The first kappa shape index (κ1) is 16.4.